The third-order valence-corrected chi connectivity index (χ3v) is 1.57. The van der Waals surface area contributed by atoms with Crippen molar-refractivity contribution in [3.8, 4) is 5.88 Å². The van der Waals surface area contributed by atoms with Crippen LogP contribution in [0.2, 0.25) is 5.02 Å². The Morgan fingerprint density at radius 2 is 2.42 bits per heavy atom. The van der Waals surface area contributed by atoms with Gasteiger partial charge in [-0.25, -0.2) is 9.78 Å². The van der Waals surface area contributed by atoms with E-state index < -0.39 is 5.97 Å². The molecule has 5 heteroatoms. The predicted molar refractivity (Wildman–Crippen MR) is 42.8 cm³/mol. The van der Waals surface area contributed by atoms with Crippen LogP contribution in [0.5, 0.6) is 5.88 Å². The number of hydrogen-bond acceptors (Lipinski definition) is 3. The van der Waals surface area contributed by atoms with Crippen molar-refractivity contribution >= 4 is 17.6 Å². The van der Waals surface area contributed by atoms with Gasteiger partial charge in [-0.2, -0.15) is 0 Å². The highest BCUT2D eigenvalue weighted by Crippen LogP contribution is 2.18. The molecule has 12 heavy (non-hydrogen) atoms. The first-order chi connectivity index (χ1) is 5.65. The minimum Gasteiger partial charge on any atom is -0.481 e. The van der Waals surface area contributed by atoms with Crippen LogP contribution in [0.15, 0.2) is 12.3 Å². The quantitative estimate of drug-likeness (QED) is 0.761. The number of carboxylic acid groups (broad SMARTS) is 1. The number of nitrogens with zero attached hydrogens (tertiary/aromatic N) is 1. The van der Waals surface area contributed by atoms with E-state index >= 15 is 0 Å². The molecule has 0 unspecified atom stereocenters. The van der Waals surface area contributed by atoms with Gasteiger partial charge in [0.05, 0.1) is 23.9 Å². The van der Waals surface area contributed by atoms with Crippen LogP contribution in [-0.2, 0) is 0 Å². The second kappa shape index (κ2) is 3.40. The molecule has 0 saturated carbocycles. The molecule has 1 aromatic heterocycles. The Balaban J connectivity index is 3.17. The number of ether oxygens (including phenoxy) is 1. The second-order valence-corrected chi connectivity index (χ2v) is 2.42. The molecule has 0 aliphatic carbocycles. The molecule has 0 aromatic carbocycles. The van der Waals surface area contributed by atoms with Crippen LogP contribution in [0.1, 0.15) is 10.4 Å². The monoisotopic (exact) mass is 187 g/mol. The first kappa shape index (κ1) is 8.80. The van der Waals surface area contributed by atoms with Gasteiger partial charge in [-0.15, -0.1) is 0 Å². The molecule has 1 N–H and O–H groups in total. The third-order valence-electron chi connectivity index (χ3n) is 1.27. The van der Waals surface area contributed by atoms with Gasteiger partial charge in [0.15, 0.2) is 0 Å². The summed E-state index contributed by atoms with van der Waals surface area (Å²) in [6.07, 6.45) is 1.24. The molecule has 1 rings (SSSR count). The van der Waals surface area contributed by atoms with Crippen molar-refractivity contribution in [3.05, 3.63) is 22.8 Å². The summed E-state index contributed by atoms with van der Waals surface area (Å²) in [5.74, 6) is -0.863. The van der Waals surface area contributed by atoms with Crippen molar-refractivity contribution in [3.63, 3.8) is 0 Å². The van der Waals surface area contributed by atoms with Gasteiger partial charge in [0.1, 0.15) is 0 Å². The van der Waals surface area contributed by atoms with Gasteiger partial charge in [0, 0.05) is 6.07 Å². The first-order valence-corrected chi connectivity index (χ1v) is 3.45. The summed E-state index contributed by atoms with van der Waals surface area (Å²) in [5, 5.41) is 8.72. The van der Waals surface area contributed by atoms with Gasteiger partial charge in [-0.05, 0) is 0 Å². The number of methoxy groups -OCH3 is 1. The molecule has 0 fully saturated rings. The Bertz CT molecular complexity index is 314. The lowest BCUT2D eigenvalue weighted by Crippen LogP contribution is -1.99. The largest absolute Gasteiger partial charge is 0.481 e. The number of rotatable bonds is 2. The zero-order chi connectivity index (χ0) is 9.14. The normalized spacial score (nSPS) is 9.50. The van der Waals surface area contributed by atoms with E-state index in [0.717, 1.165) is 0 Å². The van der Waals surface area contributed by atoms with Crippen LogP contribution >= 0.6 is 11.6 Å². The van der Waals surface area contributed by atoms with Crippen molar-refractivity contribution in [1.82, 2.24) is 4.98 Å². The van der Waals surface area contributed by atoms with E-state index in [1.54, 1.807) is 0 Å². The van der Waals surface area contributed by atoms with Crippen molar-refractivity contribution in [2.45, 2.75) is 0 Å². The summed E-state index contributed by atoms with van der Waals surface area (Å²) < 4.78 is 4.73. The number of carbonyl (C=O) groups is 1. The summed E-state index contributed by atoms with van der Waals surface area (Å²) in [7, 11) is 1.40. The Hall–Kier alpha value is -1.29. The van der Waals surface area contributed by atoms with Gasteiger partial charge >= 0.3 is 5.97 Å². The molecule has 0 radical (unpaired) electrons. The Morgan fingerprint density at radius 3 is 2.92 bits per heavy atom. The van der Waals surface area contributed by atoms with Gasteiger partial charge in [0.2, 0.25) is 5.88 Å². The smallest absolute Gasteiger partial charge is 0.337 e. The van der Waals surface area contributed by atoms with Crippen molar-refractivity contribution < 1.29 is 14.6 Å². The predicted octanol–water partition coefficient (Wildman–Crippen LogP) is 1.44. The van der Waals surface area contributed by atoms with Crippen LogP contribution in [0.3, 0.4) is 0 Å². The number of hydrogen-bond donors (Lipinski definition) is 1. The lowest BCUT2D eigenvalue weighted by molar-refractivity contribution is 0.0696. The molecule has 0 bridgehead atoms. The zero-order valence-electron chi connectivity index (χ0n) is 6.24. The molecule has 1 heterocycles. The molecular weight excluding hydrogens is 182 g/mol. The SMILES string of the molecule is COc1cc(C(=O)O)c(Cl)cn1. The Labute approximate surface area is 73.8 Å². The van der Waals surface area contributed by atoms with Crippen LogP contribution in [-0.4, -0.2) is 23.2 Å². The van der Waals surface area contributed by atoms with Crippen LogP contribution in [0, 0.1) is 0 Å². The summed E-state index contributed by atoms with van der Waals surface area (Å²) in [5.41, 5.74) is -0.0106. The molecule has 64 valence electrons. The Kier molecular flexibility index (Phi) is 2.50. The fraction of sp³-hybridized carbons (Fsp3) is 0.143. The topological polar surface area (TPSA) is 59.4 Å². The zero-order valence-corrected chi connectivity index (χ0v) is 7.00. The highest BCUT2D eigenvalue weighted by molar-refractivity contribution is 6.33. The molecule has 4 nitrogen and oxygen atoms in total. The van der Waals surface area contributed by atoms with Crippen LogP contribution < -0.4 is 4.74 Å². The minimum absolute atomic E-state index is 0.0106. The van der Waals surface area contributed by atoms with Gasteiger partial charge < -0.3 is 9.84 Å². The maximum atomic E-state index is 10.5. The van der Waals surface area contributed by atoms with Crippen molar-refractivity contribution in [1.29, 1.82) is 0 Å². The maximum absolute atomic E-state index is 10.5. The number of aromatic nitrogens is 1. The molecule has 1 aromatic rings. The van der Waals surface area contributed by atoms with Gasteiger partial charge in [-0.1, -0.05) is 11.6 Å². The van der Waals surface area contributed by atoms with E-state index in [4.69, 9.17) is 21.4 Å². The van der Waals surface area contributed by atoms with Crippen LogP contribution in [0.25, 0.3) is 0 Å². The van der Waals surface area contributed by atoms with E-state index in [1.165, 1.54) is 19.4 Å². The second-order valence-electron chi connectivity index (χ2n) is 2.01. The highest BCUT2D eigenvalue weighted by Gasteiger charge is 2.09. The fourth-order valence-corrected chi connectivity index (χ4v) is 0.879. The minimum atomic E-state index is -1.10. The molecule has 0 spiro atoms. The molecule has 0 aliphatic heterocycles. The first-order valence-electron chi connectivity index (χ1n) is 3.08. The van der Waals surface area contributed by atoms with E-state index in [9.17, 15) is 4.79 Å². The average molecular weight is 188 g/mol. The lowest BCUT2D eigenvalue weighted by atomic mass is 10.3. The number of halogens is 1. The van der Waals surface area contributed by atoms with Crippen molar-refractivity contribution in [2.24, 2.45) is 0 Å². The van der Waals surface area contributed by atoms with Gasteiger partial charge in [-0.3, -0.25) is 0 Å². The highest BCUT2D eigenvalue weighted by atomic mass is 35.5. The van der Waals surface area contributed by atoms with E-state index in [1.807, 2.05) is 0 Å². The third kappa shape index (κ3) is 1.65. The Morgan fingerprint density at radius 1 is 1.75 bits per heavy atom. The molecule has 0 atom stereocenters. The maximum Gasteiger partial charge on any atom is 0.337 e. The molecule has 0 aliphatic rings. The van der Waals surface area contributed by atoms with Gasteiger partial charge in [0.25, 0.3) is 0 Å². The van der Waals surface area contributed by atoms with E-state index in [0.29, 0.717) is 0 Å². The molecule has 0 saturated heterocycles. The van der Waals surface area contributed by atoms with Crippen LogP contribution in [0.4, 0.5) is 0 Å². The summed E-state index contributed by atoms with van der Waals surface area (Å²) in [6.45, 7) is 0. The fourth-order valence-electron chi connectivity index (χ4n) is 0.695. The summed E-state index contributed by atoms with van der Waals surface area (Å²) in [4.78, 5) is 14.2. The average Bonchev–Trinajstić information content (AvgIpc) is 2.05. The number of aromatic carboxylic acids is 1. The molecular formula is C7H6ClNO3. The number of carboxylic acids is 1. The lowest BCUT2D eigenvalue weighted by Gasteiger charge is -2.00. The van der Waals surface area contributed by atoms with Crippen molar-refractivity contribution in [2.75, 3.05) is 7.11 Å². The number of pyridine rings is 1. The van der Waals surface area contributed by atoms with E-state index in [2.05, 4.69) is 4.98 Å². The standard InChI is InChI=1S/C7H6ClNO3/c1-12-6-2-4(7(10)11)5(8)3-9-6/h2-3H,1H3,(H,10,11). The van der Waals surface area contributed by atoms with E-state index in [-0.39, 0.29) is 16.5 Å². The molecule has 0 amide bonds. The summed E-state index contributed by atoms with van der Waals surface area (Å²) >= 11 is 5.55. The summed E-state index contributed by atoms with van der Waals surface area (Å²) in [6, 6.07) is 1.27.